The first-order valence-electron chi connectivity index (χ1n) is 10.3. The smallest absolute Gasteiger partial charge is 0.300 e. The molecule has 1 aliphatic rings. The number of methoxy groups -OCH3 is 1. The van der Waals surface area contributed by atoms with Crippen molar-refractivity contribution in [3.63, 3.8) is 0 Å². The number of H-pyrrole nitrogens is 1. The molecule has 1 atom stereocenters. The zero-order chi connectivity index (χ0) is 23.1. The molecule has 0 radical (unpaired) electrons. The molecule has 7 nitrogen and oxygen atoms in total. The molecule has 0 bridgehead atoms. The van der Waals surface area contributed by atoms with Crippen LogP contribution in [0.15, 0.2) is 84.6 Å². The van der Waals surface area contributed by atoms with Gasteiger partial charge in [0.1, 0.15) is 17.3 Å². The Balaban J connectivity index is 1.80. The van der Waals surface area contributed by atoms with Gasteiger partial charge in [-0.25, -0.2) is 0 Å². The zero-order valence-corrected chi connectivity index (χ0v) is 17.6. The third-order valence-electron chi connectivity index (χ3n) is 5.84. The number of amides is 1. The van der Waals surface area contributed by atoms with Gasteiger partial charge in [0.25, 0.3) is 11.7 Å². The predicted octanol–water partition coefficient (Wildman–Crippen LogP) is 4.51. The van der Waals surface area contributed by atoms with E-state index in [1.807, 2.05) is 24.3 Å². The molecule has 1 fully saturated rings. The fourth-order valence-electron chi connectivity index (χ4n) is 4.29. The van der Waals surface area contributed by atoms with Gasteiger partial charge < -0.3 is 19.9 Å². The van der Waals surface area contributed by atoms with E-state index in [2.05, 4.69) is 4.98 Å². The van der Waals surface area contributed by atoms with Crippen molar-refractivity contribution < 1.29 is 24.5 Å². The van der Waals surface area contributed by atoms with Gasteiger partial charge in [0.05, 0.1) is 24.4 Å². The molecule has 1 aliphatic heterocycles. The molecular formula is C26H20N2O5. The summed E-state index contributed by atoms with van der Waals surface area (Å²) in [6.07, 6.45) is 1.72. The number of hydrogen-bond donors (Lipinski definition) is 3. The summed E-state index contributed by atoms with van der Waals surface area (Å²) in [6, 6.07) is 19.5. The Morgan fingerprint density at radius 2 is 1.76 bits per heavy atom. The van der Waals surface area contributed by atoms with Crippen LogP contribution in [0.5, 0.6) is 11.5 Å². The quantitative estimate of drug-likeness (QED) is 0.246. The number of ketones is 1. The van der Waals surface area contributed by atoms with Crippen molar-refractivity contribution in [3.05, 3.63) is 95.7 Å². The summed E-state index contributed by atoms with van der Waals surface area (Å²) in [7, 11) is 1.50. The number of carbonyl (C=O) groups is 2. The lowest BCUT2D eigenvalue weighted by atomic mass is 9.94. The second-order valence-electron chi connectivity index (χ2n) is 7.68. The zero-order valence-electron chi connectivity index (χ0n) is 17.6. The van der Waals surface area contributed by atoms with Crippen molar-refractivity contribution >= 4 is 34.0 Å². The normalized spacial score (nSPS) is 17.6. The minimum absolute atomic E-state index is 0.0683. The van der Waals surface area contributed by atoms with Crippen LogP contribution >= 0.6 is 0 Å². The van der Waals surface area contributed by atoms with Gasteiger partial charge in [-0.1, -0.05) is 42.5 Å². The molecule has 3 aromatic carbocycles. The number of aromatic hydroxyl groups is 1. The number of nitrogens with one attached hydrogen (secondary N) is 1. The van der Waals surface area contributed by atoms with E-state index < -0.39 is 17.7 Å². The number of aliphatic hydroxyl groups is 1. The molecule has 1 unspecified atom stereocenters. The third-order valence-corrected chi connectivity index (χ3v) is 5.84. The van der Waals surface area contributed by atoms with E-state index in [0.717, 1.165) is 10.9 Å². The van der Waals surface area contributed by atoms with Crippen LogP contribution in [-0.4, -0.2) is 34.0 Å². The average molecular weight is 440 g/mol. The van der Waals surface area contributed by atoms with Crippen LogP contribution in [0.4, 0.5) is 5.69 Å². The topological polar surface area (TPSA) is 103 Å². The lowest BCUT2D eigenvalue weighted by Crippen LogP contribution is -2.29. The van der Waals surface area contributed by atoms with Gasteiger partial charge in [-0.05, 0) is 30.3 Å². The SMILES string of the molecule is COc1cccc(/C(O)=C2\C(=O)C(=O)N(c3ccccc3O)C2c2c[nH]c3ccccc23)c1. The van der Waals surface area contributed by atoms with E-state index in [1.54, 1.807) is 48.7 Å². The van der Waals surface area contributed by atoms with E-state index in [9.17, 15) is 19.8 Å². The molecule has 3 N–H and O–H groups in total. The van der Waals surface area contributed by atoms with E-state index in [4.69, 9.17) is 4.74 Å². The first-order valence-corrected chi connectivity index (χ1v) is 10.3. The predicted molar refractivity (Wildman–Crippen MR) is 124 cm³/mol. The third kappa shape index (κ3) is 3.22. The molecule has 7 heteroatoms. The number of anilines is 1. The van der Waals surface area contributed by atoms with Gasteiger partial charge in [0, 0.05) is 28.2 Å². The summed E-state index contributed by atoms with van der Waals surface area (Å²) >= 11 is 0. The summed E-state index contributed by atoms with van der Waals surface area (Å²) in [4.78, 5) is 30.9. The maximum Gasteiger partial charge on any atom is 0.300 e. The number of hydrogen-bond acceptors (Lipinski definition) is 5. The average Bonchev–Trinajstić information content (AvgIpc) is 3.38. The number of rotatable bonds is 4. The lowest BCUT2D eigenvalue weighted by Gasteiger charge is -2.25. The maximum absolute atomic E-state index is 13.3. The number of aromatic amines is 1. The lowest BCUT2D eigenvalue weighted by molar-refractivity contribution is -0.132. The number of ether oxygens (including phenoxy) is 1. The number of phenolic OH excluding ortho intramolecular Hbond substituents is 1. The Morgan fingerprint density at radius 3 is 2.55 bits per heavy atom. The largest absolute Gasteiger partial charge is 0.507 e. The van der Waals surface area contributed by atoms with E-state index in [0.29, 0.717) is 16.9 Å². The molecule has 0 spiro atoms. The van der Waals surface area contributed by atoms with Gasteiger partial charge in [-0.2, -0.15) is 0 Å². The van der Waals surface area contributed by atoms with Crippen molar-refractivity contribution in [2.75, 3.05) is 12.0 Å². The summed E-state index contributed by atoms with van der Waals surface area (Å²) in [5.41, 5.74) is 1.89. The number of carbonyl (C=O) groups excluding carboxylic acids is 2. The van der Waals surface area contributed by atoms with Gasteiger partial charge in [-0.15, -0.1) is 0 Å². The molecule has 1 amide bonds. The highest BCUT2D eigenvalue weighted by Gasteiger charge is 2.48. The number of para-hydroxylation sites is 3. The van der Waals surface area contributed by atoms with Gasteiger partial charge in [0.2, 0.25) is 0 Å². The van der Waals surface area contributed by atoms with E-state index in [-0.39, 0.29) is 22.8 Å². The van der Waals surface area contributed by atoms with Crippen LogP contribution in [0.2, 0.25) is 0 Å². The number of aromatic nitrogens is 1. The van der Waals surface area contributed by atoms with Crippen molar-refractivity contribution in [2.45, 2.75) is 6.04 Å². The van der Waals surface area contributed by atoms with Crippen LogP contribution in [0.3, 0.4) is 0 Å². The molecule has 33 heavy (non-hydrogen) atoms. The number of benzene rings is 3. The fraction of sp³-hybridized carbons (Fsp3) is 0.0769. The number of aliphatic hydroxyl groups excluding tert-OH is 1. The molecule has 0 saturated carbocycles. The first-order chi connectivity index (χ1) is 16.0. The first kappa shape index (κ1) is 20.4. The molecular weight excluding hydrogens is 420 g/mol. The molecule has 0 aliphatic carbocycles. The van der Waals surface area contributed by atoms with E-state index >= 15 is 0 Å². The van der Waals surface area contributed by atoms with E-state index in [1.165, 1.54) is 18.1 Å². The number of nitrogens with zero attached hydrogens (tertiary/aromatic N) is 1. The Labute approximate surface area is 189 Å². The summed E-state index contributed by atoms with van der Waals surface area (Å²) in [5, 5.41) is 22.6. The molecule has 164 valence electrons. The Bertz CT molecular complexity index is 1440. The standard InChI is InChI=1S/C26H20N2O5/c1-33-16-8-6-7-15(13-16)24(30)22-23(18-14-27-19-10-3-2-9-17(18)19)28(26(32)25(22)31)20-11-4-5-12-21(20)29/h2-14,23,27,29-30H,1H3/b24-22+. The minimum Gasteiger partial charge on any atom is -0.507 e. The number of Topliss-reactive ketones (excluding diaryl/α,β-unsaturated/α-hetero) is 1. The molecule has 1 saturated heterocycles. The highest BCUT2D eigenvalue weighted by Crippen LogP contribution is 2.46. The minimum atomic E-state index is -0.958. The van der Waals surface area contributed by atoms with Crippen molar-refractivity contribution in [1.82, 2.24) is 4.98 Å². The number of fused-ring (bicyclic) bond motifs is 1. The highest BCUT2D eigenvalue weighted by molar-refractivity contribution is 6.52. The maximum atomic E-state index is 13.3. The van der Waals surface area contributed by atoms with Crippen molar-refractivity contribution in [3.8, 4) is 11.5 Å². The van der Waals surface area contributed by atoms with Gasteiger partial charge in [0.15, 0.2) is 0 Å². The monoisotopic (exact) mass is 440 g/mol. The summed E-state index contributed by atoms with van der Waals surface area (Å²) in [6.45, 7) is 0. The highest BCUT2D eigenvalue weighted by atomic mass is 16.5. The van der Waals surface area contributed by atoms with Crippen molar-refractivity contribution in [2.24, 2.45) is 0 Å². The summed E-state index contributed by atoms with van der Waals surface area (Å²) in [5.74, 6) is -1.64. The van der Waals surface area contributed by atoms with Crippen LogP contribution in [0.1, 0.15) is 17.2 Å². The number of phenols is 1. The Kier molecular flexibility index (Phi) is 4.86. The van der Waals surface area contributed by atoms with Crippen LogP contribution in [0.25, 0.3) is 16.7 Å². The Hall–Kier alpha value is -4.52. The Morgan fingerprint density at radius 1 is 1.00 bits per heavy atom. The summed E-state index contributed by atoms with van der Waals surface area (Å²) < 4.78 is 5.24. The molecule has 1 aromatic heterocycles. The van der Waals surface area contributed by atoms with Crippen molar-refractivity contribution in [1.29, 1.82) is 0 Å². The fourth-order valence-corrected chi connectivity index (χ4v) is 4.29. The van der Waals surface area contributed by atoms with Crippen LogP contribution < -0.4 is 9.64 Å². The second-order valence-corrected chi connectivity index (χ2v) is 7.68. The molecule has 5 rings (SSSR count). The molecule has 2 heterocycles. The second kappa shape index (κ2) is 7.87. The van der Waals surface area contributed by atoms with Gasteiger partial charge in [-0.3, -0.25) is 14.5 Å². The van der Waals surface area contributed by atoms with Crippen LogP contribution in [0, 0.1) is 0 Å². The van der Waals surface area contributed by atoms with Crippen LogP contribution in [-0.2, 0) is 9.59 Å². The molecule has 4 aromatic rings. The van der Waals surface area contributed by atoms with Gasteiger partial charge >= 0.3 is 0 Å².